The molecule has 4 heteroatoms. The van der Waals surface area contributed by atoms with Crippen LogP contribution in [0.4, 0.5) is 0 Å². The van der Waals surface area contributed by atoms with Gasteiger partial charge in [-0.15, -0.1) is 82.4 Å². The van der Waals surface area contributed by atoms with Crippen molar-refractivity contribution in [3.05, 3.63) is 176 Å². The van der Waals surface area contributed by atoms with E-state index in [2.05, 4.69) is 93.2 Å². The summed E-state index contributed by atoms with van der Waals surface area (Å²) in [7, 11) is 3.92. The molecule has 42 heavy (non-hydrogen) atoms. The molecule has 0 saturated heterocycles. The van der Waals surface area contributed by atoms with Gasteiger partial charge in [-0.25, -0.2) is 0 Å². The Hall–Kier alpha value is -4.50. The van der Waals surface area contributed by atoms with Crippen LogP contribution in [-0.4, -0.2) is 9.97 Å². The molecule has 3 nitrogen and oxygen atoms in total. The summed E-state index contributed by atoms with van der Waals surface area (Å²) in [6, 6.07) is 42.7. The first-order chi connectivity index (χ1) is 19.9. The maximum Gasteiger partial charge on any atom is 0.115 e. The smallest absolute Gasteiger partial charge is 0.115 e. The first-order valence-corrected chi connectivity index (χ1v) is 13.4. The zero-order chi connectivity index (χ0) is 29.0. The molecule has 0 bridgehead atoms. The summed E-state index contributed by atoms with van der Waals surface area (Å²) in [5.41, 5.74) is 11.0. The Morgan fingerprint density at radius 3 is 1.71 bits per heavy atom. The van der Waals surface area contributed by atoms with E-state index in [4.69, 9.17) is 0 Å². The van der Waals surface area contributed by atoms with Gasteiger partial charge in [-0.2, -0.15) is 18.6 Å². The zero-order valence-corrected chi connectivity index (χ0v) is 26.6. The maximum atomic E-state index is 4.30. The van der Waals surface area contributed by atoms with Crippen molar-refractivity contribution in [3.8, 4) is 33.8 Å². The Balaban J connectivity index is 0.000000171. The third kappa shape index (κ3) is 9.27. The van der Waals surface area contributed by atoms with Crippen molar-refractivity contribution in [1.82, 2.24) is 9.97 Å². The van der Waals surface area contributed by atoms with Crippen LogP contribution in [0.5, 0.6) is 0 Å². The number of hydrogen-bond acceptors (Lipinski definition) is 2. The number of pyridine rings is 3. The number of benzene rings is 3. The van der Waals surface area contributed by atoms with Crippen molar-refractivity contribution < 1.29 is 24.7 Å². The van der Waals surface area contributed by atoms with Crippen molar-refractivity contribution in [2.45, 2.75) is 20.8 Å². The van der Waals surface area contributed by atoms with E-state index in [1.807, 2.05) is 83.6 Å². The van der Waals surface area contributed by atoms with Crippen molar-refractivity contribution >= 4 is 0 Å². The van der Waals surface area contributed by atoms with Crippen LogP contribution in [0.3, 0.4) is 0 Å². The van der Waals surface area contributed by atoms with Gasteiger partial charge in [0.1, 0.15) is 5.69 Å². The Morgan fingerprint density at radius 2 is 1.19 bits per heavy atom. The average Bonchev–Trinajstić information content (AvgIpc) is 3.00. The van der Waals surface area contributed by atoms with Gasteiger partial charge in [0, 0.05) is 45.2 Å². The van der Waals surface area contributed by atoms with E-state index in [-0.39, 0.29) is 20.1 Å². The van der Waals surface area contributed by atoms with Crippen LogP contribution in [0, 0.1) is 46.9 Å². The first kappa shape index (κ1) is 32.0. The summed E-state index contributed by atoms with van der Waals surface area (Å²) in [6.07, 6.45) is 5.53. The quantitative estimate of drug-likeness (QED) is 0.135. The molecule has 0 spiro atoms. The van der Waals surface area contributed by atoms with E-state index in [0.29, 0.717) is 0 Å². The van der Waals surface area contributed by atoms with Crippen LogP contribution in [0.1, 0.15) is 22.3 Å². The van der Waals surface area contributed by atoms with Gasteiger partial charge in [-0.05, 0) is 30.0 Å². The standard InChI is InChI=1S/2C13H12N.C12H10N.Ir/c1-11-6-8-12(9-7-11)13-5-3-4-10-14(13)2;1-10-6-7-12(11(2)9-10)13-5-3-4-8-14-13;1-10-5-7-11(8-6-10)12-4-2-3-9-13-12;/h3-8,10H,2H2,1H3;3-9H,2H2,1H3;2-7,9H,1H3;/q3*-1;. The third-order valence-electron chi connectivity index (χ3n) is 6.30. The first-order valence-electron chi connectivity index (χ1n) is 13.4. The van der Waals surface area contributed by atoms with E-state index >= 15 is 0 Å². The van der Waals surface area contributed by atoms with Crippen molar-refractivity contribution in [3.63, 3.8) is 0 Å². The van der Waals surface area contributed by atoms with Crippen LogP contribution < -0.4 is 4.57 Å². The number of aryl methyl sites for hydroxylation is 3. The summed E-state index contributed by atoms with van der Waals surface area (Å²) in [6.45, 7) is 10.2. The number of nitrogens with zero attached hydrogens (tertiary/aromatic N) is 3. The van der Waals surface area contributed by atoms with E-state index in [0.717, 1.165) is 39.3 Å². The van der Waals surface area contributed by atoms with Gasteiger partial charge in [0.05, 0.1) is 6.20 Å². The number of aromatic nitrogens is 3. The van der Waals surface area contributed by atoms with Crippen molar-refractivity contribution in [2.24, 2.45) is 0 Å². The maximum absolute atomic E-state index is 4.30. The normalized spacial score (nSPS) is 9.79. The fourth-order valence-corrected chi connectivity index (χ4v) is 4.06. The van der Waals surface area contributed by atoms with Crippen LogP contribution in [-0.2, 0) is 20.1 Å². The topological polar surface area (TPSA) is 29.7 Å². The molecule has 0 saturated carbocycles. The third-order valence-corrected chi connectivity index (χ3v) is 6.30. The molecule has 0 unspecified atom stereocenters. The fourth-order valence-electron chi connectivity index (χ4n) is 4.06. The molecule has 0 aliphatic heterocycles. The van der Waals surface area contributed by atoms with Crippen LogP contribution in [0.2, 0.25) is 0 Å². The molecule has 0 fully saturated rings. The summed E-state index contributed by atoms with van der Waals surface area (Å²) in [5, 5.41) is 0. The molecule has 6 rings (SSSR count). The van der Waals surface area contributed by atoms with Gasteiger partial charge in [0.15, 0.2) is 0 Å². The Bertz CT molecular complexity index is 1650. The van der Waals surface area contributed by atoms with E-state index in [1.165, 1.54) is 16.7 Å². The minimum absolute atomic E-state index is 0. The molecule has 0 amide bonds. The van der Waals surface area contributed by atoms with Gasteiger partial charge < -0.3 is 9.55 Å². The Labute approximate surface area is 264 Å². The second kappa shape index (κ2) is 16.1. The van der Waals surface area contributed by atoms with Crippen LogP contribution >= 0.6 is 0 Å². The summed E-state index contributed by atoms with van der Waals surface area (Å²) >= 11 is 0. The van der Waals surface area contributed by atoms with E-state index in [1.54, 1.807) is 12.4 Å². The Morgan fingerprint density at radius 1 is 0.619 bits per heavy atom. The molecule has 3 aromatic heterocycles. The molecule has 0 N–H and O–H groups in total. The summed E-state index contributed by atoms with van der Waals surface area (Å²) in [5.74, 6) is 0. The van der Waals surface area contributed by atoms with Gasteiger partial charge in [0.2, 0.25) is 0 Å². The van der Waals surface area contributed by atoms with Crippen LogP contribution in [0.25, 0.3) is 33.8 Å². The predicted molar refractivity (Wildman–Crippen MR) is 169 cm³/mol. The monoisotopic (exact) mass is 725 g/mol. The van der Waals surface area contributed by atoms with Gasteiger partial charge in [-0.1, -0.05) is 62.7 Å². The molecule has 0 atom stereocenters. The molecule has 0 aliphatic carbocycles. The molecule has 3 heterocycles. The second-order valence-corrected chi connectivity index (χ2v) is 9.71. The van der Waals surface area contributed by atoms with Gasteiger partial charge >= 0.3 is 0 Å². The molecule has 6 aromatic rings. The molecular formula is C38H34IrN3-3. The minimum Gasteiger partial charge on any atom is -0.321 e. The zero-order valence-electron chi connectivity index (χ0n) is 24.2. The van der Waals surface area contributed by atoms with Gasteiger partial charge in [-0.3, -0.25) is 4.98 Å². The Kier molecular flexibility index (Phi) is 12.3. The molecule has 213 valence electrons. The fraction of sp³-hybridized carbons (Fsp3) is 0.0789. The van der Waals surface area contributed by atoms with Gasteiger partial charge in [0.25, 0.3) is 0 Å². The predicted octanol–water partition coefficient (Wildman–Crippen LogP) is 8.48. The number of rotatable bonds is 3. The van der Waals surface area contributed by atoms with E-state index < -0.39 is 0 Å². The van der Waals surface area contributed by atoms with Crippen LogP contribution in [0.15, 0.2) is 128 Å². The average molecular weight is 725 g/mol. The molecule has 1 radical (unpaired) electrons. The largest absolute Gasteiger partial charge is 0.321 e. The molecule has 3 aromatic carbocycles. The van der Waals surface area contributed by atoms with Crippen molar-refractivity contribution in [2.75, 3.05) is 0 Å². The second-order valence-electron chi connectivity index (χ2n) is 9.71. The number of hydrogen-bond donors (Lipinski definition) is 0. The SMILES string of the molecule is Cc1c[c-]c(-c2ccccn2)cc1.[CH2-][n+]1ccccc1-c1[c-]cc(C)cc1.[CH2-]c1cc(C)ccc1-c1ccccn1.[Ir]. The summed E-state index contributed by atoms with van der Waals surface area (Å²) < 4.78 is 1.85. The molecule has 0 aliphatic rings. The minimum atomic E-state index is 0. The van der Waals surface area contributed by atoms with Crippen molar-refractivity contribution in [1.29, 1.82) is 0 Å². The molecular weight excluding hydrogens is 691 g/mol. The summed E-state index contributed by atoms with van der Waals surface area (Å²) in [4.78, 5) is 8.55. The van der Waals surface area contributed by atoms with E-state index in [9.17, 15) is 0 Å².